The van der Waals surface area contributed by atoms with E-state index in [2.05, 4.69) is 4.74 Å². The minimum Gasteiger partial charge on any atom is -0.469 e. The van der Waals surface area contributed by atoms with Crippen LogP contribution in [0.4, 0.5) is 0 Å². The number of ether oxygens (including phenoxy) is 1. The van der Waals surface area contributed by atoms with E-state index in [9.17, 15) is 9.59 Å². The highest BCUT2D eigenvalue weighted by Crippen LogP contribution is 2.06. The van der Waals surface area contributed by atoms with Gasteiger partial charge in [-0.2, -0.15) is 0 Å². The Morgan fingerprint density at radius 2 is 1.91 bits per heavy atom. The van der Waals surface area contributed by atoms with E-state index < -0.39 is 0 Å². The third-order valence-corrected chi connectivity index (χ3v) is 3.21. The van der Waals surface area contributed by atoms with Gasteiger partial charge in [0.15, 0.2) is 0 Å². The zero-order valence-electron chi connectivity index (χ0n) is 13.1. The molecule has 5 nitrogen and oxygen atoms in total. The molecule has 1 aromatic rings. The molecule has 1 aromatic carbocycles. The smallest absolute Gasteiger partial charge is 0.307 e. The fourth-order valence-corrected chi connectivity index (χ4v) is 1.87. The van der Waals surface area contributed by atoms with Gasteiger partial charge in [-0.25, -0.2) is 0 Å². The number of methoxy groups -OCH3 is 1. The SMILES string of the molecule is COC(=O)CCN(CCCO)C(=O)/C=C/c1ccc(C)cc1. The molecule has 0 aliphatic carbocycles. The van der Waals surface area contributed by atoms with Crippen molar-refractivity contribution in [1.29, 1.82) is 0 Å². The molecule has 1 N–H and O–H groups in total. The van der Waals surface area contributed by atoms with Gasteiger partial charge in [-0.05, 0) is 25.0 Å². The van der Waals surface area contributed by atoms with E-state index in [0.29, 0.717) is 13.0 Å². The monoisotopic (exact) mass is 305 g/mol. The highest BCUT2D eigenvalue weighted by molar-refractivity contribution is 5.92. The van der Waals surface area contributed by atoms with Crippen LogP contribution < -0.4 is 0 Å². The van der Waals surface area contributed by atoms with E-state index in [1.807, 2.05) is 31.2 Å². The van der Waals surface area contributed by atoms with Crippen molar-refractivity contribution in [3.05, 3.63) is 41.5 Å². The average Bonchev–Trinajstić information content (AvgIpc) is 2.53. The first-order valence-electron chi connectivity index (χ1n) is 7.28. The molecule has 1 rings (SSSR count). The molecule has 0 saturated heterocycles. The van der Waals surface area contributed by atoms with Gasteiger partial charge in [0, 0.05) is 25.8 Å². The minimum atomic E-state index is -0.357. The summed E-state index contributed by atoms with van der Waals surface area (Å²) in [5, 5.41) is 8.91. The van der Waals surface area contributed by atoms with Crippen molar-refractivity contribution in [2.45, 2.75) is 19.8 Å². The molecular weight excluding hydrogens is 282 g/mol. The molecule has 0 saturated carbocycles. The molecule has 0 radical (unpaired) electrons. The van der Waals surface area contributed by atoms with E-state index >= 15 is 0 Å². The lowest BCUT2D eigenvalue weighted by molar-refractivity contribution is -0.141. The van der Waals surface area contributed by atoms with Crippen molar-refractivity contribution in [2.75, 3.05) is 26.8 Å². The average molecular weight is 305 g/mol. The molecule has 0 unspecified atom stereocenters. The van der Waals surface area contributed by atoms with Crippen molar-refractivity contribution in [2.24, 2.45) is 0 Å². The molecule has 0 atom stereocenters. The first kappa shape index (κ1) is 17.9. The Balaban J connectivity index is 2.64. The van der Waals surface area contributed by atoms with Crippen LogP contribution in [0.2, 0.25) is 0 Å². The maximum Gasteiger partial charge on any atom is 0.307 e. The summed E-state index contributed by atoms with van der Waals surface area (Å²) < 4.78 is 4.58. The highest BCUT2D eigenvalue weighted by Gasteiger charge is 2.12. The standard InChI is InChI=1S/C17H23NO4/c1-14-4-6-15(7-5-14)8-9-16(20)18(11-3-13-19)12-10-17(21)22-2/h4-9,19H,3,10-13H2,1-2H3/b9-8+. The van der Waals surface area contributed by atoms with Crippen LogP contribution in [0.15, 0.2) is 30.3 Å². The van der Waals surface area contributed by atoms with Crippen LogP contribution in [0.3, 0.4) is 0 Å². The van der Waals surface area contributed by atoms with E-state index in [1.54, 1.807) is 6.08 Å². The largest absolute Gasteiger partial charge is 0.469 e. The van der Waals surface area contributed by atoms with Crippen molar-refractivity contribution in [3.8, 4) is 0 Å². The van der Waals surface area contributed by atoms with Crippen LogP contribution in [0.5, 0.6) is 0 Å². The molecule has 0 spiro atoms. The number of carbonyl (C=O) groups excluding carboxylic acids is 2. The molecule has 0 heterocycles. The van der Waals surface area contributed by atoms with E-state index in [0.717, 1.165) is 11.1 Å². The summed E-state index contributed by atoms with van der Waals surface area (Å²) in [5.74, 6) is -0.540. The summed E-state index contributed by atoms with van der Waals surface area (Å²) in [6.07, 6.45) is 3.85. The van der Waals surface area contributed by atoms with Gasteiger partial charge in [-0.15, -0.1) is 0 Å². The normalized spacial score (nSPS) is 10.7. The summed E-state index contributed by atoms with van der Waals surface area (Å²) in [7, 11) is 1.32. The summed E-state index contributed by atoms with van der Waals surface area (Å²) in [6.45, 7) is 2.69. The molecule has 0 aliphatic rings. The van der Waals surface area contributed by atoms with Crippen LogP contribution in [0.25, 0.3) is 6.08 Å². The molecule has 0 aromatic heterocycles. The Morgan fingerprint density at radius 3 is 2.50 bits per heavy atom. The number of carbonyl (C=O) groups is 2. The molecule has 22 heavy (non-hydrogen) atoms. The molecular formula is C17H23NO4. The second-order valence-corrected chi connectivity index (χ2v) is 4.97. The lowest BCUT2D eigenvalue weighted by Crippen LogP contribution is -2.33. The fraction of sp³-hybridized carbons (Fsp3) is 0.412. The highest BCUT2D eigenvalue weighted by atomic mass is 16.5. The van der Waals surface area contributed by atoms with Crippen LogP contribution in [-0.2, 0) is 14.3 Å². The number of esters is 1. The van der Waals surface area contributed by atoms with Crippen LogP contribution >= 0.6 is 0 Å². The number of nitrogens with zero attached hydrogens (tertiary/aromatic N) is 1. The fourth-order valence-electron chi connectivity index (χ4n) is 1.87. The third-order valence-electron chi connectivity index (χ3n) is 3.21. The topological polar surface area (TPSA) is 66.8 Å². The molecule has 0 aliphatic heterocycles. The Morgan fingerprint density at radius 1 is 1.23 bits per heavy atom. The van der Waals surface area contributed by atoms with Crippen molar-refractivity contribution < 1.29 is 19.4 Å². The number of hydrogen-bond donors (Lipinski definition) is 1. The number of benzene rings is 1. The summed E-state index contributed by atoms with van der Waals surface area (Å²) >= 11 is 0. The van der Waals surface area contributed by atoms with E-state index in [-0.39, 0.29) is 31.4 Å². The van der Waals surface area contributed by atoms with Crippen LogP contribution in [-0.4, -0.2) is 48.7 Å². The second-order valence-electron chi connectivity index (χ2n) is 4.97. The van der Waals surface area contributed by atoms with Gasteiger partial charge in [0.1, 0.15) is 0 Å². The lowest BCUT2D eigenvalue weighted by atomic mass is 10.1. The van der Waals surface area contributed by atoms with Gasteiger partial charge in [-0.3, -0.25) is 9.59 Å². The first-order chi connectivity index (χ1) is 10.6. The number of rotatable bonds is 8. The van der Waals surface area contributed by atoms with Gasteiger partial charge in [0.2, 0.25) is 5.91 Å². The van der Waals surface area contributed by atoms with E-state index in [1.165, 1.54) is 18.1 Å². The Kier molecular flexibility index (Phi) is 7.92. The zero-order chi connectivity index (χ0) is 16.4. The van der Waals surface area contributed by atoms with Gasteiger partial charge in [-0.1, -0.05) is 29.8 Å². The van der Waals surface area contributed by atoms with Gasteiger partial charge in [0.25, 0.3) is 0 Å². The van der Waals surface area contributed by atoms with Gasteiger partial charge in [0.05, 0.1) is 13.5 Å². The number of aliphatic hydroxyl groups excluding tert-OH is 1. The molecule has 0 fully saturated rings. The molecule has 5 heteroatoms. The first-order valence-corrected chi connectivity index (χ1v) is 7.28. The second kappa shape index (κ2) is 9.73. The molecule has 120 valence electrons. The molecule has 0 bridgehead atoms. The zero-order valence-corrected chi connectivity index (χ0v) is 13.1. The summed E-state index contributed by atoms with van der Waals surface area (Å²) in [4.78, 5) is 24.9. The van der Waals surface area contributed by atoms with Crippen LogP contribution in [0, 0.1) is 6.92 Å². The van der Waals surface area contributed by atoms with Crippen molar-refractivity contribution >= 4 is 18.0 Å². The number of aryl methyl sites for hydroxylation is 1. The maximum absolute atomic E-state index is 12.2. The predicted molar refractivity (Wildman–Crippen MR) is 85.1 cm³/mol. The molecule has 1 amide bonds. The van der Waals surface area contributed by atoms with Crippen molar-refractivity contribution in [3.63, 3.8) is 0 Å². The number of hydrogen-bond acceptors (Lipinski definition) is 4. The number of aliphatic hydroxyl groups is 1. The Bertz CT molecular complexity index is 508. The maximum atomic E-state index is 12.2. The van der Waals surface area contributed by atoms with Crippen LogP contribution in [0.1, 0.15) is 24.0 Å². The minimum absolute atomic E-state index is 0.00365. The Labute approximate surface area is 131 Å². The predicted octanol–water partition coefficient (Wildman–Crippen LogP) is 1.78. The number of amides is 1. The van der Waals surface area contributed by atoms with Gasteiger partial charge >= 0.3 is 5.97 Å². The Hall–Kier alpha value is -2.14. The third kappa shape index (κ3) is 6.54. The quantitative estimate of drug-likeness (QED) is 0.587. The summed E-state index contributed by atoms with van der Waals surface area (Å²) in [5.41, 5.74) is 2.10. The van der Waals surface area contributed by atoms with Crippen molar-refractivity contribution in [1.82, 2.24) is 4.90 Å². The van der Waals surface area contributed by atoms with Gasteiger partial charge < -0.3 is 14.7 Å². The van der Waals surface area contributed by atoms with E-state index in [4.69, 9.17) is 5.11 Å². The lowest BCUT2D eigenvalue weighted by Gasteiger charge is -2.20. The summed E-state index contributed by atoms with van der Waals surface area (Å²) in [6, 6.07) is 7.83.